The highest BCUT2D eigenvalue weighted by Gasteiger charge is 2.25. The summed E-state index contributed by atoms with van der Waals surface area (Å²) in [5.74, 6) is 0.0665. The van der Waals surface area contributed by atoms with E-state index in [2.05, 4.69) is 13.2 Å². The van der Waals surface area contributed by atoms with Crippen molar-refractivity contribution in [2.45, 2.75) is 24.8 Å². The lowest BCUT2D eigenvalue weighted by Gasteiger charge is -2.26. The number of ketones is 1. The van der Waals surface area contributed by atoms with Crippen molar-refractivity contribution < 1.29 is 4.79 Å². The van der Waals surface area contributed by atoms with E-state index in [1.165, 1.54) is 0 Å². The molecule has 0 saturated heterocycles. The first-order chi connectivity index (χ1) is 8.11. The van der Waals surface area contributed by atoms with Crippen LogP contribution >= 0.6 is 0 Å². The SMILES string of the molecule is C=CCC(N)(CC=C)CC(=O)c1ccccc1. The Balaban J connectivity index is 2.77. The van der Waals surface area contributed by atoms with Crippen molar-refractivity contribution in [1.82, 2.24) is 0 Å². The molecular weight excluding hydrogens is 210 g/mol. The summed E-state index contributed by atoms with van der Waals surface area (Å²) in [5.41, 5.74) is 6.34. The largest absolute Gasteiger partial charge is 0.324 e. The number of nitrogens with two attached hydrogens (primary N) is 1. The normalized spacial score (nSPS) is 10.9. The molecule has 1 aromatic carbocycles. The van der Waals surface area contributed by atoms with Gasteiger partial charge < -0.3 is 5.73 Å². The molecule has 0 atom stereocenters. The van der Waals surface area contributed by atoms with Gasteiger partial charge in [-0.25, -0.2) is 0 Å². The standard InChI is InChI=1S/C15H19NO/c1-3-10-15(16,11-4-2)12-14(17)13-8-6-5-7-9-13/h3-9H,1-2,10-12,16H2. The van der Waals surface area contributed by atoms with Crippen LogP contribution in [0.4, 0.5) is 0 Å². The maximum atomic E-state index is 12.1. The Morgan fingerprint density at radius 1 is 1.18 bits per heavy atom. The van der Waals surface area contributed by atoms with E-state index in [0.29, 0.717) is 24.8 Å². The Labute approximate surface area is 103 Å². The molecule has 0 radical (unpaired) electrons. The van der Waals surface area contributed by atoms with E-state index < -0.39 is 5.54 Å². The van der Waals surface area contributed by atoms with Gasteiger partial charge in [-0.15, -0.1) is 13.2 Å². The zero-order valence-electron chi connectivity index (χ0n) is 10.1. The molecule has 0 aliphatic rings. The lowest BCUT2D eigenvalue weighted by atomic mass is 9.85. The van der Waals surface area contributed by atoms with Crippen LogP contribution in [0.3, 0.4) is 0 Å². The van der Waals surface area contributed by atoms with E-state index in [1.807, 2.05) is 30.3 Å². The molecular formula is C15H19NO. The van der Waals surface area contributed by atoms with Crippen LogP contribution in [-0.4, -0.2) is 11.3 Å². The second-order valence-corrected chi connectivity index (χ2v) is 4.31. The first kappa shape index (κ1) is 13.4. The molecule has 0 aromatic heterocycles. The molecule has 0 unspecified atom stereocenters. The van der Waals surface area contributed by atoms with E-state index in [4.69, 9.17) is 5.73 Å². The summed E-state index contributed by atoms with van der Waals surface area (Å²) in [5, 5.41) is 0. The molecule has 90 valence electrons. The quantitative estimate of drug-likeness (QED) is 0.576. The predicted molar refractivity (Wildman–Crippen MR) is 71.9 cm³/mol. The summed E-state index contributed by atoms with van der Waals surface area (Å²) in [4.78, 5) is 12.1. The van der Waals surface area contributed by atoms with Gasteiger partial charge in [0.15, 0.2) is 5.78 Å². The molecule has 0 saturated carbocycles. The Morgan fingerprint density at radius 3 is 2.18 bits per heavy atom. The monoisotopic (exact) mass is 229 g/mol. The summed E-state index contributed by atoms with van der Waals surface area (Å²) in [6.45, 7) is 7.36. The van der Waals surface area contributed by atoms with Crippen LogP contribution in [0.25, 0.3) is 0 Å². The lowest BCUT2D eigenvalue weighted by molar-refractivity contribution is 0.0952. The van der Waals surface area contributed by atoms with Gasteiger partial charge in [-0.05, 0) is 12.8 Å². The van der Waals surface area contributed by atoms with Crippen molar-refractivity contribution in [1.29, 1.82) is 0 Å². The molecule has 0 aliphatic carbocycles. The summed E-state index contributed by atoms with van der Waals surface area (Å²) in [6, 6.07) is 9.22. The molecule has 1 rings (SSSR count). The Kier molecular flexibility index (Phi) is 4.85. The number of carbonyl (C=O) groups is 1. The van der Waals surface area contributed by atoms with Crippen molar-refractivity contribution in [2.24, 2.45) is 5.73 Å². The van der Waals surface area contributed by atoms with E-state index >= 15 is 0 Å². The third-order valence-corrected chi connectivity index (χ3v) is 2.71. The second-order valence-electron chi connectivity index (χ2n) is 4.31. The Morgan fingerprint density at radius 2 is 1.71 bits per heavy atom. The minimum Gasteiger partial charge on any atom is -0.324 e. The lowest BCUT2D eigenvalue weighted by Crippen LogP contribution is -2.41. The van der Waals surface area contributed by atoms with E-state index in [-0.39, 0.29) is 5.78 Å². The van der Waals surface area contributed by atoms with Crippen molar-refractivity contribution in [3.63, 3.8) is 0 Å². The molecule has 2 N–H and O–H groups in total. The molecule has 2 heteroatoms. The fourth-order valence-corrected chi connectivity index (χ4v) is 1.85. The summed E-state index contributed by atoms with van der Waals surface area (Å²) in [6.07, 6.45) is 5.04. The average Bonchev–Trinajstić information content (AvgIpc) is 2.30. The van der Waals surface area contributed by atoms with Crippen LogP contribution in [0.1, 0.15) is 29.6 Å². The zero-order chi connectivity index (χ0) is 12.7. The van der Waals surface area contributed by atoms with Gasteiger partial charge >= 0.3 is 0 Å². The van der Waals surface area contributed by atoms with Crippen LogP contribution in [0.5, 0.6) is 0 Å². The van der Waals surface area contributed by atoms with Crippen LogP contribution in [0, 0.1) is 0 Å². The maximum Gasteiger partial charge on any atom is 0.164 e. The fraction of sp³-hybridized carbons (Fsp3) is 0.267. The van der Waals surface area contributed by atoms with Gasteiger partial charge in [-0.1, -0.05) is 42.5 Å². The Bertz CT molecular complexity index is 385. The molecule has 0 aliphatic heterocycles. The molecule has 0 fully saturated rings. The van der Waals surface area contributed by atoms with Crippen molar-refractivity contribution >= 4 is 5.78 Å². The molecule has 1 aromatic rings. The average molecular weight is 229 g/mol. The molecule has 0 heterocycles. The second kappa shape index (κ2) is 6.16. The third-order valence-electron chi connectivity index (χ3n) is 2.71. The van der Waals surface area contributed by atoms with E-state index in [0.717, 1.165) is 0 Å². The first-order valence-electron chi connectivity index (χ1n) is 5.70. The van der Waals surface area contributed by atoms with Crippen molar-refractivity contribution in [3.8, 4) is 0 Å². The van der Waals surface area contributed by atoms with Gasteiger partial charge in [-0.2, -0.15) is 0 Å². The van der Waals surface area contributed by atoms with Crippen molar-refractivity contribution in [3.05, 3.63) is 61.2 Å². The molecule has 0 amide bonds. The Hall–Kier alpha value is -1.67. The highest BCUT2D eigenvalue weighted by molar-refractivity contribution is 5.96. The summed E-state index contributed by atoms with van der Waals surface area (Å²) < 4.78 is 0. The smallest absolute Gasteiger partial charge is 0.164 e. The number of Topliss-reactive ketones (excluding diaryl/α,β-unsaturated/α-hetero) is 1. The molecule has 2 nitrogen and oxygen atoms in total. The summed E-state index contributed by atoms with van der Waals surface area (Å²) in [7, 11) is 0. The van der Waals surface area contributed by atoms with Gasteiger partial charge in [0.05, 0.1) is 0 Å². The number of carbonyl (C=O) groups excluding carboxylic acids is 1. The molecule has 0 bridgehead atoms. The van der Waals surface area contributed by atoms with Gasteiger partial charge in [0.1, 0.15) is 0 Å². The van der Waals surface area contributed by atoms with Gasteiger partial charge in [0.25, 0.3) is 0 Å². The number of hydrogen-bond donors (Lipinski definition) is 1. The number of hydrogen-bond acceptors (Lipinski definition) is 2. The number of rotatable bonds is 7. The fourth-order valence-electron chi connectivity index (χ4n) is 1.85. The highest BCUT2D eigenvalue weighted by atomic mass is 16.1. The van der Waals surface area contributed by atoms with Gasteiger partial charge in [0, 0.05) is 17.5 Å². The van der Waals surface area contributed by atoms with Crippen LogP contribution in [0.2, 0.25) is 0 Å². The zero-order valence-corrected chi connectivity index (χ0v) is 10.1. The maximum absolute atomic E-state index is 12.1. The topological polar surface area (TPSA) is 43.1 Å². The summed E-state index contributed by atoms with van der Waals surface area (Å²) >= 11 is 0. The minimum atomic E-state index is -0.559. The van der Waals surface area contributed by atoms with Crippen molar-refractivity contribution in [2.75, 3.05) is 0 Å². The minimum absolute atomic E-state index is 0.0665. The predicted octanol–water partition coefficient (Wildman–Crippen LogP) is 3.11. The van der Waals surface area contributed by atoms with E-state index in [9.17, 15) is 4.79 Å². The van der Waals surface area contributed by atoms with Gasteiger partial charge in [-0.3, -0.25) is 4.79 Å². The van der Waals surface area contributed by atoms with Gasteiger partial charge in [0.2, 0.25) is 0 Å². The highest BCUT2D eigenvalue weighted by Crippen LogP contribution is 2.20. The van der Waals surface area contributed by atoms with Crippen LogP contribution in [-0.2, 0) is 0 Å². The van der Waals surface area contributed by atoms with Crippen LogP contribution in [0.15, 0.2) is 55.6 Å². The van der Waals surface area contributed by atoms with E-state index in [1.54, 1.807) is 12.2 Å². The number of benzene rings is 1. The first-order valence-corrected chi connectivity index (χ1v) is 5.70. The van der Waals surface area contributed by atoms with Crippen LogP contribution < -0.4 is 5.73 Å². The third kappa shape index (κ3) is 4.00. The molecule has 0 spiro atoms. The molecule has 17 heavy (non-hydrogen) atoms.